The molecule has 0 aliphatic heterocycles. The summed E-state index contributed by atoms with van der Waals surface area (Å²) in [7, 11) is -3.41. The van der Waals surface area contributed by atoms with Crippen LogP contribution >= 0.6 is 31.7 Å². The molecule has 0 unspecified atom stereocenters. The Morgan fingerprint density at radius 2 is 0.420 bits per heavy atom. The van der Waals surface area contributed by atoms with Gasteiger partial charge in [-0.15, -0.1) is 0 Å². The van der Waals surface area contributed by atoms with Gasteiger partial charge in [0, 0.05) is 24.9 Å². The molecule has 0 N–H and O–H groups in total. The number of hydrogen-bond donors (Lipinski definition) is 0. The van der Waals surface area contributed by atoms with Crippen LogP contribution in [0.25, 0.3) is 10.8 Å². The summed E-state index contributed by atoms with van der Waals surface area (Å²) in [6, 6.07) is 86.8. The van der Waals surface area contributed by atoms with Crippen LogP contribution in [0.5, 0.6) is 0 Å². The maximum atomic E-state index is 7.75. The van der Waals surface area contributed by atoms with E-state index in [1.54, 1.807) is 13.8 Å². The third kappa shape index (κ3) is 30.7. The van der Waals surface area contributed by atoms with Gasteiger partial charge in [0.2, 0.25) is 0 Å². The number of benzene rings is 8. The number of nitrogens with zero attached hydrogens (tertiary/aromatic N) is 6. The number of rotatable bonds is 22. The molecule has 0 spiro atoms. The van der Waals surface area contributed by atoms with Crippen molar-refractivity contribution in [3.05, 3.63) is 261 Å². The van der Waals surface area contributed by atoms with Crippen molar-refractivity contribution in [2.45, 2.75) is 28.7 Å². The first-order valence-corrected chi connectivity index (χ1v) is 32.4. The fourth-order valence-corrected chi connectivity index (χ4v) is 17.2. The van der Waals surface area contributed by atoms with E-state index >= 15 is 0 Å². The monoisotopic (exact) mass is 1240 g/mol. The quantitative estimate of drug-likeness (QED) is 0.0165. The van der Waals surface area contributed by atoms with E-state index in [1.807, 2.05) is 0 Å². The summed E-state index contributed by atoms with van der Waals surface area (Å²) in [5.41, 5.74) is 0. The Hall–Kier alpha value is -5.79. The zero-order chi connectivity index (χ0) is 53.9. The summed E-state index contributed by atoms with van der Waals surface area (Å²) in [6.45, 7) is 9.34. The van der Waals surface area contributed by atoms with E-state index in [2.05, 4.69) is 274 Å². The minimum absolute atomic E-state index is 0. The topological polar surface area (TPSA) is 111 Å². The van der Waals surface area contributed by atoms with Gasteiger partial charge in [0.25, 0.3) is 0 Å². The van der Waals surface area contributed by atoms with Crippen LogP contribution in [0.4, 0.5) is 0 Å². The van der Waals surface area contributed by atoms with Crippen LogP contribution in [0.15, 0.2) is 263 Å². The number of carbonyl (C=O) groups excluding carboxylic acids is 1. The molecule has 0 atom stereocenters. The molecule has 0 saturated carbocycles. The van der Waals surface area contributed by atoms with Gasteiger partial charge in [-0.05, 0) is 97.1 Å². The van der Waals surface area contributed by atoms with Gasteiger partial charge in [-0.3, -0.25) is 26.8 Å². The number of hydrogen-bond acceptors (Lipinski definition) is 5. The maximum Gasteiger partial charge on any atom is 2.00 e. The van der Waals surface area contributed by atoms with E-state index in [0.29, 0.717) is 0 Å². The zero-order valence-corrected chi connectivity index (χ0v) is 51.8. The molecule has 81 heavy (non-hydrogen) atoms. The van der Waals surface area contributed by atoms with Gasteiger partial charge in [-0.25, -0.2) is 12.4 Å². The molecular formula is C68H84Fe2N6OP4+4. The largest absolute Gasteiger partial charge is 2.00 e. The van der Waals surface area contributed by atoms with E-state index < -0.39 is 31.7 Å². The average Bonchev–Trinajstić information content (AvgIpc) is 3.51. The molecule has 0 aromatic heterocycles. The second-order valence-corrected chi connectivity index (χ2v) is 26.6. The third-order valence-corrected chi connectivity index (χ3v) is 22.0. The first-order valence-electron chi connectivity index (χ1n) is 25.5. The first-order chi connectivity index (χ1) is 37.7. The van der Waals surface area contributed by atoms with Crippen molar-refractivity contribution in [2.24, 2.45) is 20.0 Å². The molecule has 8 aromatic rings. The van der Waals surface area contributed by atoms with Crippen molar-refractivity contribution in [3.8, 4) is 0 Å². The van der Waals surface area contributed by atoms with Crippen LogP contribution < -0.4 is 42.4 Å². The molecule has 7 nitrogen and oxygen atoms in total. The summed E-state index contributed by atoms with van der Waals surface area (Å²) in [4.78, 5) is 26.5. The molecule has 0 amide bonds. The normalized spacial score (nSPS) is 10.2. The minimum Gasteiger partial charge on any atom is -0.814 e. The summed E-state index contributed by atoms with van der Waals surface area (Å²) in [5.74, 6) is 0. The summed E-state index contributed by atoms with van der Waals surface area (Å²) >= 11 is 0. The number of aliphatic imine (C=N–C) groups is 4. The molecule has 0 heterocycles. The van der Waals surface area contributed by atoms with Gasteiger partial charge in [0.1, 0.15) is 24.6 Å². The van der Waals surface area contributed by atoms with Crippen LogP contribution in [-0.2, 0) is 38.9 Å². The Balaban J connectivity index is 0. The van der Waals surface area contributed by atoms with E-state index in [1.165, 1.54) is 42.4 Å². The van der Waals surface area contributed by atoms with Crippen LogP contribution in [0.2, 0.25) is 0 Å². The van der Waals surface area contributed by atoms with Crippen molar-refractivity contribution in [3.63, 3.8) is 0 Å². The van der Waals surface area contributed by atoms with E-state index in [4.69, 9.17) is 35.6 Å². The second-order valence-electron chi connectivity index (χ2n) is 16.5. The molecule has 0 saturated heterocycles. The van der Waals surface area contributed by atoms with E-state index in [-0.39, 0.29) is 56.4 Å². The second kappa shape index (κ2) is 51.1. The first kappa shape index (κ1) is 77.3. The molecule has 0 aliphatic rings. The predicted molar refractivity (Wildman–Crippen MR) is 372 cm³/mol. The fourth-order valence-electron chi connectivity index (χ4n) is 7.94. The minimum atomic E-state index is -0.852. The van der Waals surface area contributed by atoms with Gasteiger partial charge in [0.15, 0.2) is 0 Å². The summed E-state index contributed by atoms with van der Waals surface area (Å²) in [5, 5.41) is 26.3. The van der Waals surface area contributed by atoms with Crippen molar-refractivity contribution in [2.75, 3.05) is 50.8 Å². The Bertz CT molecular complexity index is 2280. The molecule has 424 valence electrons. The molecule has 0 aliphatic carbocycles. The van der Waals surface area contributed by atoms with Gasteiger partial charge in [-0.1, -0.05) is 174 Å². The Morgan fingerprint density at radius 3 is 0.531 bits per heavy atom. The fraction of sp³-hybridized carbons (Fsp3) is 0.176. The van der Waals surface area contributed by atoms with Gasteiger partial charge in [0.05, 0.1) is 100 Å². The van der Waals surface area contributed by atoms with E-state index in [0.717, 1.165) is 63.3 Å². The molecule has 13 heteroatoms. The van der Waals surface area contributed by atoms with Crippen LogP contribution in [-0.4, -0.2) is 94.9 Å². The SMILES string of the molecule is C.C.C(C[PH+](c1ccccc1)c1ccccc1)=NCCN=CC[PH+](c1ccccc1)c1ccccc1.C(C[PH+](c1ccccc1)c1ccccc1)=NCCN=CC[PH+](c1ccccc1)c1ccccc1.CC=[N-].CC=[N-].[CH-]=O.[CH3-].[Fe+2].[Fe+2]. The van der Waals surface area contributed by atoms with Crippen molar-refractivity contribution >= 4 is 118 Å². The van der Waals surface area contributed by atoms with E-state index in [9.17, 15) is 0 Å². The van der Waals surface area contributed by atoms with Crippen LogP contribution in [0.1, 0.15) is 28.7 Å². The smallest absolute Gasteiger partial charge is 0.814 e. The average molecular weight is 1240 g/mol. The molecule has 0 bridgehead atoms. The standard InChI is InChI=1S/2C30H30N2P2.2C2H4N.CHO.2CH4.CH3.2Fe/c2*1-5-13-27(14-6-1)33(28-15-7-2-8-16-28)25-23-31-21-22-32-24-26-34(29-17-9-3-10-18-29)30-19-11-4-12-20-30;2*1-2-3;1-2;;;;;/h2*1-20,23-24H,21-22,25-26H2;2*2H,1H3;1H;2*1H4;1H3;;/q;;3*-1;;;-1;2*+2/p+4. The maximum absolute atomic E-state index is 7.75. The van der Waals surface area contributed by atoms with Gasteiger partial charge in [-0.2, -0.15) is 0 Å². The van der Waals surface area contributed by atoms with Crippen molar-refractivity contribution in [1.29, 1.82) is 0 Å². The molecular weight excluding hydrogens is 1150 g/mol. The van der Waals surface area contributed by atoms with Gasteiger partial charge < -0.3 is 23.0 Å². The molecule has 0 radical (unpaired) electrons. The predicted octanol–water partition coefficient (Wildman–Crippen LogP) is 12.5. The van der Waals surface area contributed by atoms with Crippen molar-refractivity contribution < 1.29 is 38.9 Å². The van der Waals surface area contributed by atoms with Crippen molar-refractivity contribution in [1.82, 2.24) is 0 Å². The molecule has 8 aromatic carbocycles. The summed E-state index contributed by atoms with van der Waals surface area (Å²) in [6.07, 6.45) is 14.5. The third-order valence-electron chi connectivity index (χ3n) is 11.4. The molecule has 0 fully saturated rings. The zero-order valence-electron chi connectivity index (χ0n) is 45.6. The Labute approximate surface area is 513 Å². The van der Waals surface area contributed by atoms with Gasteiger partial charge >= 0.3 is 34.1 Å². The Kier molecular flexibility index (Phi) is 48.8. The van der Waals surface area contributed by atoms with Crippen LogP contribution in [0.3, 0.4) is 0 Å². The summed E-state index contributed by atoms with van der Waals surface area (Å²) < 4.78 is 0. The Morgan fingerprint density at radius 1 is 0.309 bits per heavy atom. The van der Waals surface area contributed by atoms with Crippen LogP contribution in [0, 0.1) is 7.43 Å². The molecule has 8 rings (SSSR count).